The van der Waals surface area contributed by atoms with Gasteiger partial charge in [0.25, 0.3) is 0 Å². The van der Waals surface area contributed by atoms with Crippen LogP contribution in [0.1, 0.15) is 11.1 Å². The molecule has 2 rings (SSSR count). The summed E-state index contributed by atoms with van der Waals surface area (Å²) in [7, 11) is 5.22. The Hall–Kier alpha value is -2.27. The van der Waals surface area contributed by atoms with E-state index in [1.54, 1.807) is 14.2 Å². The SMILES string of the molecule is COc1ccc(CN(C)C(=S)Nc2ccc(C)cc2)cc1OC. The molecular weight excluding hydrogens is 308 g/mol. The first-order valence-corrected chi connectivity index (χ1v) is 7.74. The number of anilines is 1. The van der Waals surface area contributed by atoms with Crippen LogP contribution in [0.15, 0.2) is 42.5 Å². The van der Waals surface area contributed by atoms with Crippen molar-refractivity contribution >= 4 is 23.0 Å². The molecule has 0 fully saturated rings. The highest BCUT2D eigenvalue weighted by Gasteiger charge is 2.09. The molecule has 0 aromatic heterocycles. The quantitative estimate of drug-likeness (QED) is 0.843. The number of hydrogen-bond donors (Lipinski definition) is 1. The number of nitrogens with zero attached hydrogens (tertiary/aromatic N) is 1. The van der Waals surface area contributed by atoms with Crippen molar-refractivity contribution in [3.05, 3.63) is 53.6 Å². The van der Waals surface area contributed by atoms with Crippen LogP contribution in [-0.2, 0) is 6.54 Å². The number of benzene rings is 2. The molecule has 122 valence electrons. The third-order valence-electron chi connectivity index (χ3n) is 3.52. The van der Waals surface area contributed by atoms with E-state index in [9.17, 15) is 0 Å². The van der Waals surface area contributed by atoms with Crippen molar-refractivity contribution in [2.24, 2.45) is 0 Å². The van der Waals surface area contributed by atoms with Crippen LogP contribution in [0.3, 0.4) is 0 Å². The summed E-state index contributed by atoms with van der Waals surface area (Å²) < 4.78 is 10.6. The molecule has 0 amide bonds. The van der Waals surface area contributed by atoms with E-state index in [0.29, 0.717) is 11.7 Å². The summed E-state index contributed by atoms with van der Waals surface area (Å²) in [4.78, 5) is 1.98. The normalized spacial score (nSPS) is 10.1. The van der Waals surface area contributed by atoms with Gasteiger partial charge in [-0.2, -0.15) is 0 Å². The summed E-state index contributed by atoms with van der Waals surface area (Å²) >= 11 is 5.46. The van der Waals surface area contributed by atoms with E-state index in [0.717, 1.165) is 22.7 Å². The molecule has 0 saturated carbocycles. The average molecular weight is 330 g/mol. The maximum absolute atomic E-state index is 5.46. The van der Waals surface area contributed by atoms with Crippen LogP contribution in [0.25, 0.3) is 0 Å². The van der Waals surface area contributed by atoms with Crippen molar-refractivity contribution in [2.45, 2.75) is 13.5 Å². The third kappa shape index (κ3) is 4.60. The molecule has 0 heterocycles. The van der Waals surface area contributed by atoms with Gasteiger partial charge in [-0.1, -0.05) is 23.8 Å². The van der Waals surface area contributed by atoms with E-state index in [1.165, 1.54) is 5.56 Å². The molecule has 1 N–H and O–H groups in total. The standard InChI is InChI=1S/C18H22N2O2S/c1-13-5-8-15(9-6-13)19-18(23)20(2)12-14-7-10-16(21-3)17(11-14)22-4/h5-11H,12H2,1-4H3,(H,19,23). The number of aryl methyl sites for hydroxylation is 1. The van der Waals surface area contributed by atoms with Gasteiger partial charge in [-0.25, -0.2) is 0 Å². The van der Waals surface area contributed by atoms with E-state index in [4.69, 9.17) is 21.7 Å². The summed E-state index contributed by atoms with van der Waals surface area (Å²) in [6, 6.07) is 14.0. The minimum absolute atomic E-state index is 0.670. The first-order valence-electron chi connectivity index (χ1n) is 7.33. The highest BCUT2D eigenvalue weighted by molar-refractivity contribution is 7.80. The first-order chi connectivity index (χ1) is 11.0. The maximum atomic E-state index is 5.46. The predicted molar refractivity (Wildman–Crippen MR) is 98.4 cm³/mol. The van der Waals surface area contributed by atoms with E-state index in [1.807, 2.05) is 42.3 Å². The highest BCUT2D eigenvalue weighted by Crippen LogP contribution is 2.28. The number of methoxy groups -OCH3 is 2. The van der Waals surface area contributed by atoms with Gasteiger partial charge in [-0.15, -0.1) is 0 Å². The van der Waals surface area contributed by atoms with Crippen molar-refractivity contribution in [2.75, 3.05) is 26.6 Å². The highest BCUT2D eigenvalue weighted by atomic mass is 32.1. The molecule has 5 heteroatoms. The molecular formula is C18H22N2O2S. The van der Waals surface area contributed by atoms with Crippen molar-refractivity contribution in [1.82, 2.24) is 4.90 Å². The Balaban J connectivity index is 2.01. The third-order valence-corrected chi connectivity index (χ3v) is 3.93. The van der Waals surface area contributed by atoms with E-state index in [2.05, 4.69) is 24.4 Å². The summed E-state index contributed by atoms with van der Waals surface area (Å²) in [5, 5.41) is 3.91. The summed E-state index contributed by atoms with van der Waals surface area (Å²) in [5.74, 6) is 1.44. The van der Waals surface area contributed by atoms with Gasteiger partial charge in [0.2, 0.25) is 0 Å². The summed E-state index contributed by atoms with van der Waals surface area (Å²) in [6.07, 6.45) is 0. The lowest BCUT2D eigenvalue weighted by Crippen LogP contribution is -2.30. The molecule has 2 aromatic carbocycles. The molecule has 0 aliphatic heterocycles. The van der Waals surface area contributed by atoms with E-state index < -0.39 is 0 Å². The molecule has 0 atom stereocenters. The minimum Gasteiger partial charge on any atom is -0.493 e. The van der Waals surface area contributed by atoms with Gasteiger partial charge >= 0.3 is 0 Å². The fourth-order valence-corrected chi connectivity index (χ4v) is 2.36. The molecule has 4 nitrogen and oxygen atoms in total. The first kappa shape index (κ1) is 17.1. The second kappa shape index (κ2) is 7.83. The largest absolute Gasteiger partial charge is 0.493 e. The number of nitrogens with one attached hydrogen (secondary N) is 1. The van der Waals surface area contributed by atoms with Crippen LogP contribution in [0.4, 0.5) is 5.69 Å². The number of rotatable bonds is 5. The zero-order valence-corrected chi connectivity index (χ0v) is 14.7. The van der Waals surface area contributed by atoms with Crippen LogP contribution in [-0.4, -0.2) is 31.3 Å². The van der Waals surface area contributed by atoms with Crippen molar-refractivity contribution in [3.63, 3.8) is 0 Å². The van der Waals surface area contributed by atoms with Crippen molar-refractivity contribution < 1.29 is 9.47 Å². The molecule has 23 heavy (non-hydrogen) atoms. The van der Waals surface area contributed by atoms with Gasteiger partial charge in [0.05, 0.1) is 14.2 Å². The lowest BCUT2D eigenvalue weighted by molar-refractivity contribution is 0.354. The second-order valence-corrected chi connectivity index (χ2v) is 5.73. The van der Waals surface area contributed by atoms with Crippen LogP contribution < -0.4 is 14.8 Å². The van der Waals surface area contributed by atoms with E-state index >= 15 is 0 Å². The fourth-order valence-electron chi connectivity index (χ4n) is 2.18. The predicted octanol–water partition coefficient (Wildman–Crippen LogP) is 3.84. The topological polar surface area (TPSA) is 33.7 Å². The molecule has 0 aliphatic carbocycles. The molecule has 0 spiro atoms. The molecule has 0 saturated heterocycles. The maximum Gasteiger partial charge on any atom is 0.173 e. The molecule has 2 aromatic rings. The Morgan fingerprint density at radius 3 is 2.30 bits per heavy atom. The van der Waals surface area contributed by atoms with Gasteiger partial charge in [0.15, 0.2) is 16.6 Å². The Labute approximate surface area is 143 Å². The average Bonchev–Trinajstić information content (AvgIpc) is 2.56. The van der Waals surface area contributed by atoms with Gasteiger partial charge < -0.3 is 19.7 Å². The van der Waals surface area contributed by atoms with Gasteiger partial charge in [0, 0.05) is 19.3 Å². The molecule has 0 unspecified atom stereocenters. The summed E-state index contributed by atoms with van der Waals surface area (Å²) in [5.41, 5.74) is 3.30. The zero-order chi connectivity index (χ0) is 16.8. The van der Waals surface area contributed by atoms with Crippen LogP contribution in [0.2, 0.25) is 0 Å². The lowest BCUT2D eigenvalue weighted by Gasteiger charge is -2.21. The number of hydrogen-bond acceptors (Lipinski definition) is 3. The van der Waals surface area contributed by atoms with Crippen LogP contribution in [0, 0.1) is 6.92 Å². The number of ether oxygens (including phenoxy) is 2. The Morgan fingerprint density at radius 2 is 1.70 bits per heavy atom. The Bertz CT molecular complexity index is 671. The molecule has 0 bridgehead atoms. The number of thiocarbonyl (C=S) groups is 1. The molecule has 0 aliphatic rings. The van der Waals surface area contributed by atoms with Crippen LogP contribution in [0.5, 0.6) is 11.5 Å². The van der Waals surface area contributed by atoms with Gasteiger partial charge in [0.1, 0.15) is 0 Å². The zero-order valence-electron chi connectivity index (χ0n) is 13.9. The fraction of sp³-hybridized carbons (Fsp3) is 0.278. The van der Waals surface area contributed by atoms with E-state index in [-0.39, 0.29) is 0 Å². The van der Waals surface area contributed by atoms with Gasteiger partial charge in [-0.05, 0) is 49.0 Å². The second-order valence-electron chi connectivity index (χ2n) is 5.34. The summed E-state index contributed by atoms with van der Waals surface area (Å²) in [6.45, 7) is 2.74. The monoisotopic (exact) mass is 330 g/mol. The van der Waals surface area contributed by atoms with Gasteiger partial charge in [-0.3, -0.25) is 0 Å². The lowest BCUT2D eigenvalue weighted by atomic mass is 10.2. The van der Waals surface area contributed by atoms with Crippen molar-refractivity contribution in [3.8, 4) is 11.5 Å². The molecule has 0 radical (unpaired) electrons. The minimum atomic E-state index is 0.670. The Kier molecular flexibility index (Phi) is 5.82. The smallest absolute Gasteiger partial charge is 0.173 e. The van der Waals surface area contributed by atoms with Crippen molar-refractivity contribution in [1.29, 1.82) is 0 Å². The Morgan fingerprint density at radius 1 is 1.04 bits per heavy atom. The van der Waals surface area contributed by atoms with Crippen LogP contribution >= 0.6 is 12.2 Å².